The lowest BCUT2D eigenvalue weighted by atomic mass is 10.1. The first-order valence-corrected chi connectivity index (χ1v) is 6.98. The summed E-state index contributed by atoms with van der Waals surface area (Å²) in [7, 11) is 0. The van der Waals surface area contributed by atoms with E-state index < -0.39 is 0 Å². The molecule has 1 fully saturated rings. The second-order valence-corrected chi connectivity index (χ2v) is 5.00. The van der Waals surface area contributed by atoms with Crippen LogP contribution >= 0.6 is 0 Å². The molecule has 2 rings (SSSR count). The molecule has 1 aliphatic rings. The quantitative estimate of drug-likeness (QED) is 0.631. The highest BCUT2D eigenvalue weighted by Crippen LogP contribution is 2.21. The number of rotatable bonds is 6. The van der Waals surface area contributed by atoms with Crippen molar-refractivity contribution in [1.82, 2.24) is 4.90 Å². The molecule has 1 saturated heterocycles. The fourth-order valence-electron chi connectivity index (χ4n) is 2.32. The second kappa shape index (κ2) is 6.57. The average Bonchev–Trinajstić information content (AvgIpc) is 2.90. The number of anilines is 1. The van der Waals surface area contributed by atoms with Crippen LogP contribution in [-0.4, -0.2) is 36.9 Å². The zero-order chi connectivity index (χ0) is 13.7. The van der Waals surface area contributed by atoms with Gasteiger partial charge in [-0.3, -0.25) is 9.69 Å². The molecule has 1 aliphatic heterocycles. The summed E-state index contributed by atoms with van der Waals surface area (Å²) in [4.78, 5) is 14.5. The van der Waals surface area contributed by atoms with Crippen LogP contribution in [0.25, 0.3) is 0 Å². The van der Waals surface area contributed by atoms with E-state index in [4.69, 9.17) is 10.5 Å². The summed E-state index contributed by atoms with van der Waals surface area (Å²) in [6.45, 7) is 5.19. The summed E-state index contributed by atoms with van der Waals surface area (Å²) in [6, 6.07) is 5.34. The molecule has 0 saturated carbocycles. The molecule has 0 radical (unpaired) electrons. The zero-order valence-corrected chi connectivity index (χ0v) is 11.5. The summed E-state index contributed by atoms with van der Waals surface area (Å²) < 4.78 is 5.55. The van der Waals surface area contributed by atoms with Gasteiger partial charge in [-0.15, -0.1) is 0 Å². The summed E-state index contributed by atoms with van der Waals surface area (Å²) in [5.74, 6) is 0.808. The van der Waals surface area contributed by atoms with E-state index in [-0.39, 0.29) is 5.78 Å². The molecule has 0 unspecified atom stereocenters. The number of likely N-dealkylation sites (tertiary alicyclic amines) is 1. The Morgan fingerprint density at radius 1 is 1.37 bits per heavy atom. The van der Waals surface area contributed by atoms with Crippen LogP contribution in [0.15, 0.2) is 18.2 Å². The molecule has 2 N–H and O–H groups in total. The predicted octanol–water partition coefficient (Wildman–Crippen LogP) is 2.34. The molecule has 0 bridgehead atoms. The van der Waals surface area contributed by atoms with E-state index in [1.807, 2.05) is 6.07 Å². The minimum atomic E-state index is 0.0846. The molecule has 4 heteroatoms. The van der Waals surface area contributed by atoms with Gasteiger partial charge in [-0.2, -0.15) is 0 Å². The maximum atomic E-state index is 12.3. The van der Waals surface area contributed by atoms with Gasteiger partial charge in [0.25, 0.3) is 0 Å². The number of nitrogens with zero attached hydrogens (tertiary/aromatic N) is 1. The smallest absolute Gasteiger partial charge is 0.179 e. The SMILES string of the molecule is CCCOc1ccc(N)c(C(=O)CN2CCCC2)c1. The van der Waals surface area contributed by atoms with E-state index in [1.165, 1.54) is 12.8 Å². The second-order valence-electron chi connectivity index (χ2n) is 5.00. The van der Waals surface area contributed by atoms with Crippen LogP contribution < -0.4 is 10.5 Å². The van der Waals surface area contributed by atoms with Crippen molar-refractivity contribution in [2.45, 2.75) is 26.2 Å². The van der Waals surface area contributed by atoms with Crippen molar-refractivity contribution in [2.75, 3.05) is 32.0 Å². The van der Waals surface area contributed by atoms with Gasteiger partial charge in [-0.05, 0) is 50.6 Å². The Hall–Kier alpha value is -1.55. The third-order valence-electron chi connectivity index (χ3n) is 3.36. The lowest BCUT2D eigenvalue weighted by Crippen LogP contribution is -2.27. The summed E-state index contributed by atoms with van der Waals surface area (Å²) in [5.41, 5.74) is 7.02. The topological polar surface area (TPSA) is 55.6 Å². The predicted molar refractivity (Wildman–Crippen MR) is 76.6 cm³/mol. The first kappa shape index (κ1) is 13.9. The van der Waals surface area contributed by atoms with Gasteiger partial charge in [0, 0.05) is 11.3 Å². The van der Waals surface area contributed by atoms with Crippen molar-refractivity contribution >= 4 is 11.5 Å². The van der Waals surface area contributed by atoms with Gasteiger partial charge in [0.1, 0.15) is 5.75 Å². The van der Waals surface area contributed by atoms with Crippen LogP contribution in [0.3, 0.4) is 0 Å². The zero-order valence-electron chi connectivity index (χ0n) is 11.5. The van der Waals surface area contributed by atoms with Crippen LogP contribution in [-0.2, 0) is 0 Å². The van der Waals surface area contributed by atoms with Crippen molar-refractivity contribution in [3.8, 4) is 5.75 Å². The molecule has 4 nitrogen and oxygen atoms in total. The van der Waals surface area contributed by atoms with Crippen molar-refractivity contribution in [3.63, 3.8) is 0 Å². The van der Waals surface area contributed by atoms with Gasteiger partial charge in [0.05, 0.1) is 13.2 Å². The van der Waals surface area contributed by atoms with E-state index in [9.17, 15) is 4.79 Å². The maximum Gasteiger partial charge on any atom is 0.179 e. The summed E-state index contributed by atoms with van der Waals surface area (Å²) in [5, 5.41) is 0. The van der Waals surface area contributed by atoms with Gasteiger partial charge in [0.2, 0.25) is 0 Å². The van der Waals surface area contributed by atoms with Crippen LogP contribution in [0.2, 0.25) is 0 Å². The molecule has 19 heavy (non-hydrogen) atoms. The highest BCUT2D eigenvalue weighted by Gasteiger charge is 2.18. The molecule has 0 amide bonds. The lowest BCUT2D eigenvalue weighted by Gasteiger charge is -2.15. The van der Waals surface area contributed by atoms with E-state index in [0.717, 1.165) is 25.3 Å². The average molecular weight is 262 g/mol. The van der Waals surface area contributed by atoms with Crippen molar-refractivity contribution in [2.24, 2.45) is 0 Å². The highest BCUT2D eigenvalue weighted by atomic mass is 16.5. The van der Waals surface area contributed by atoms with Crippen LogP contribution in [0.5, 0.6) is 5.75 Å². The highest BCUT2D eigenvalue weighted by molar-refractivity contribution is 6.02. The number of carbonyl (C=O) groups excluding carboxylic acids is 1. The van der Waals surface area contributed by atoms with E-state index in [0.29, 0.717) is 24.4 Å². The third kappa shape index (κ3) is 3.70. The van der Waals surface area contributed by atoms with E-state index >= 15 is 0 Å². The van der Waals surface area contributed by atoms with Crippen LogP contribution in [0, 0.1) is 0 Å². The monoisotopic (exact) mass is 262 g/mol. The fraction of sp³-hybridized carbons (Fsp3) is 0.533. The number of nitrogens with two attached hydrogens (primary N) is 1. The molecule has 104 valence electrons. The van der Waals surface area contributed by atoms with Gasteiger partial charge in [-0.25, -0.2) is 0 Å². The number of benzene rings is 1. The number of ether oxygens (including phenoxy) is 1. The standard InChI is InChI=1S/C15H22N2O2/c1-2-9-19-12-5-6-14(16)13(10-12)15(18)11-17-7-3-4-8-17/h5-6,10H,2-4,7-9,11,16H2,1H3. The number of hydrogen-bond donors (Lipinski definition) is 1. The van der Waals surface area contributed by atoms with Gasteiger partial charge < -0.3 is 10.5 Å². The normalized spacial score (nSPS) is 15.6. The Kier molecular flexibility index (Phi) is 4.80. The Morgan fingerprint density at radius 2 is 2.11 bits per heavy atom. The molecule has 0 atom stereocenters. The molecule has 0 aliphatic carbocycles. The van der Waals surface area contributed by atoms with Gasteiger partial charge in [0.15, 0.2) is 5.78 Å². The number of nitrogen functional groups attached to an aromatic ring is 1. The summed E-state index contributed by atoms with van der Waals surface area (Å²) in [6.07, 6.45) is 3.31. The maximum absolute atomic E-state index is 12.3. The molecular formula is C15H22N2O2. The molecule has 0 spiro atoms. The fourth-order valence-corrected chi connectivity index (χ4v) is 2.32. The van der Waals surface area contributed by atoms with Crippen molar-refractivity contribution in [3.05, 3.63) is 23.8 Å². The number of carbonyl (C=O) groups is 1. The molecule has 1 aromatic rings. The molecule has 0 aromatic heterocycles. The Morgan fingerprint density at radius 3 is 2.79 bits per heavy atom. The minimum absolute atomic E-state index is 0.0846. The van der Waals surface area contributed by atoms with E-state index in [2.05, 4.69) is 11.8 Å². The molecule has 1 aromatic carbocycles. The number of hydrogen-bond acceptors (Lipinski definition) is 4. The minimum Gasteiger partial charge on any atom is -0.494 e. The summed E-state index contributed by atoms with van der Waals surface area (Å²) >= 11 is 0. The van der Waals surface area contributed by atoms with Crippen LogP contribution in [0.4, 0.5) is 5.69 Å². The molecular weight excluding hydrogens is 240 g/mol. The van der Waals surface area contributed by atoms with Gasteiger partial charge in [-0.1, -0.05) is 6.92 Å². The Balaban J connectivity index is 2.06. The van der Waals surface area contributed by atoms with Crippen molar-refractivity contribution < 1.29 is 9.53 Å². The number of ketones is 1. The largest absolute Gasteiger partial charge is 0.494 e. The van der Waals surface area contributed by atoms with Gasteiger partial charge >= 0.3 is 0 Å². The van der Waals surface area contributed by atoms with Crippen molar-refractivity contribution in [1.29, 1.82) is 0 Å². The number of Topliss-reactive ketones (excluding diaryl/α,β-unsaturated/α-hetero) is 1. The first-order chi connectivity index (χ1) is 9.20. The Bertz CT molecular complexity index is 440. The third-order valence-corrected chi connectivity index (χ3v) is 3.36. The lowest BCUT2D eigenvalue weighted by molar-refractivity contribution is 0.0945. The van der Waals surface area contributed by atoms with E-state index in [1.54, 1.807) is 12.1 Å². The first-order valence-electron chi connectivity index (χ1n) is 6.98. The van der Waals surface area contributed by atoms with Crippen LogP contribution in [0.1, 0.15) is 36.5 Å². The Labute approximate surface area is 114 Å². The molecule has 1 heterocycles.